The normalized spacial score (nSPS) is 10.1. The predicted octanol–water partition coefficient (Wildman–Crippen LogP) is 1.81. The molecule has 3 N–H and O–H groups in total. The first-order valence-electron chi connectivity index (χ1n) is 7.23. The van der Waals surface area contributed by atoms with Crippen molar-refractivity contribution in [3.63, 3.8) is 0 Å². The van der Waals surface area contributed by atoms with Crippen LogP contribution in [0.2, 0.25) is 0 Å². The van der Waals surface area contributed by atoms with Crippen molar-refractivity contribution in [3.05, 3.63) is 35.9 Å². The van der Waals surface area contributed by atoms with E-state index in [4.69, 9.17) is 5.73 Å². The van der Waals surface area contributed by atoms with Gasteiger partial charge in [0, 0.05) is 31.4 Å². The Morgan fingerprint density at radius 2 is 1.62 bits per heavy atom. The Morgan fingerprint density at radius 1 is 0.905 bits per heavy atom. The molecule has 0 bridgehead atoms. The molecule has 0 heterocycles. The van der Waals surface area contributed by atoms with Gasteiger partial charge >= 0.3 is 0 Å². The molecule has 1 aromatic carbocycles. The van der Waals surface area contributed by atoms with Crippen LogP contribution in [0, 0.1) is 0 Å². The Kier molecular flexibility index (Phi) is 7.79. The molecule has 1 rings (SSSR count). The summed E-state index contributed by atoms with van der Waals surface area (Å²) in [5, 5.41) is 2.77. The molecule has 21 heavy (non-hydrogen) atoms. The monoisotopic (exact) mass is 290 g/mol. The highest BCUT2D eigenvalue weighted by molar-refractivity contribution is 5.97. The third-order valence-corrected chi connectivity index (χ3v) is 3.10. The fourth-order valence-corrected chi connectivity index (χ4v) is 1.91. The zero-order valence-corrected chi connectivity index (χ0v) is 12.1. The Labute approximate surface area is 124 Å². The smallest absolute Gasteiger partial charge is 0.220 e. The molecule has 0 spiro atoms. The van der Waals surface area contributed by atoms with Gasteiger partial charge in [0.25, 0.3) is 0 Å². The minimum Gasteiger partial charge on any atom is -0.370 e. The Balaban J connectivity index is 2.09. The number of Topliss-reactive ketones (excluding diaryl/α,β-unsaturated/α-hetero) is 1. The van der Waals surface area contributed by atoms with Gasteiger partial charge in [-0.05, 0) is 12.8 Å². The van der Waals surface area contributed by atoms with Gasteiger partial charge in [-0.1, -0.05) is 36.8 Å². The fourth-order valence-electron chi connectivity index (χ4n) is 1.91. The molecule has 0 saturated carbocycles. The summed E-state index contributed by atoms with van der Waals surface area (Å²) in [4.78, 5) is 33.9. The second kappa shape index (κ2) is 9.69. The van der Waals surface area contributed by atoms with Crippen LogP contribution < -0.4 is 11.1 Å². The molecule has 0 aliphatic carbocycles. The van der Waals surface area contributed by atoms with Gasteiger partial charge in [-0.2, -0.15) is 0 Å². The molecule has 0 unspecified atom stereocenters. The Bertz CT molecular complexity index is 472. The van der Waals surface area contributed by atoms with E-state index in [9.17, 15) is 14.4 Å². The molecule has 0 radical (unpaired) electrons. The molecule has 0 atom stereocenters. The van der Waals surface area contributed by atoms with Crippen LogP contribution in [0.4, 0.5) is 0 Å². The molecule has 5 heteroatoms. The summed E-state index contributed by atoms with van der Waals surface area (Å²) in [6.45, 7) is 0.567. The van der Waals surface area contributed by atoms with Crippen molar-refractivity contribution in [1.29, 1.82) is 0 Å². The molecule has 114 valence electrons. The van der Waals surface area contributed by atoms with E-state index in [1.807, 2.05) is 6.07 Å². The number of carbonyl (C=O) groups is 3. The number of nitrogens with two attached hydrogens (primary N) is 1. The van der Waals surface area contributed by atoms with Gasteiger partial charge in [-0.25, -0.2) is 0 Å². The largest absolute Gasteiger partial charge is 0.370 e. The minimum atomic E-state index is -0.293. The molecular formula is C16H22N2O3. The summed E-state index contributed by atoms with van der Waals surface area (Å²) in [5.41, 5.74) is 5.67. The fraction of sp³-hybridized carbons (Fsp3) is 0.438. The number of hydrogen-bond acceptors (Lipinski definition) is 3. The maximum absolute atomic E-state index is 11.8. The summed E-state index contributed by atoms with van der Waals surface area (Å²) < 4.78 is 0. The first-order valence-corrected chi connectivity index (χ1v) is 7.23. The number of hydrogen-bond donors (Lipinski definition) is 2. The van der Waals surface area contributed by atoms with E-state index >= 15 is 0 Å². The van der Waals surface area contributed by atoms with Gasteiger partial charge in [0.1, 0.15) is 0 Å². The standard InChI is InChI=1S/C16H22N2O3/c17-15(20)9-5-2-6-12-18-16(21)11-10-14(19)13-7-3-1-4-8-13/h1,3-4,7-8H,2,5-6,9-12H2,(H2,17,20)(H,18,21). The lowest BCUT2D eigenvalue weighted by Crippen LogP contribution is -2.24. The van der Waals surface area contributed by atoms with Crippen molar-refractivity contribution in [1.82, 2.24) is 5.32 Å². The molecule has 0 saturated heterocycles. The van der Waals surface area contributed by atoms with Crippen LogP contribution >= 0.6 is 0 Å². The van der Waals surface area contributed by atoms with E-state index in [0.717, 1.165) is 19.3 Å². The quantitative estimate of drug-likeness (QED) is 0.508. The third kappa shape index (κ3) is 7.87. The lowest BCUT2D eigenvalue weighted by molar-refractivity contribution is -0.121. The van der Waals surface area contributed by atoms with Crippen LogP contribution in [0.25, 0.3) is 0 Å². The number of ketones is 1. The molecule has 0 aliphatic rings. The lowest BCUT2D eigenvalue weighted by Gasteiger charge is -2.05. The molecule has 5 nitrogen and oxygen atoms in total. The van der Waals surface area contributed by atoms with E-state index < -0.39 is 0 Å². The Morgan fingerprint density at radius 3 is 2.29 bits per heavy atom. The number of carbonyl (C=O) groups excluding carboxylic acids is 3. The molecule has 2 amide bonds. The minimum absolute atomic E-state index is 0.0211. The zero-order chi connectivity index (χ0) is 15.5. The molecule has 0 aliphatic heterocycles. The second-order valence-corrected chi connectivity index (χ2v) is 4.92. The van der Waals surface area contributed by atoms with E-state index in [1.165, 1.54) is 0 Å². The van der Waals surface area contributed by atoms with Gasteiger partial charge in [-0.3, -0.25) is 14.4 Å². The van der Waals surface area contributed by atoms with Crippen molar-refractivity contribution in [3.8, 4) is 0 Å². The van der Waals surface area contributed by atoms with Crippen LogP contribution in [0.1, 0.15) is 48.9 Å². The van der Waals surface area contributed by atoms with Crippen LogP contribution in [0.15, 0.2) is 30.3 Å². The lowest BCUT2D eigenvalue weighted by atomic mass is 10.1. The Hall–Kier alpha value is -2.17. The zero-order valence-electron chi connectivity index (χ0n) is 12.1. The topological polar surface area (TPSA) is 89.3 Å². The number of unbranched alkanes of at least 4 members (excludes halogenated alkanes) is 2. The summed E-state index contributed by atoms with van der Waals surface area (Å²) in [7, 11) is 0. The van der Waals surface area contributed by atoms with Crippen molar-refractivity contribution < 1.29 is 14.4 Å². The highest BCUT2D eigenvalue weighted by atomic mass is 16.2. The van der Waals surface area contributed by atoms with Crippen LogP contribution in [0.3, 0.4) is 0 Å². The van der Waals surface area contributed by atoms with Crippen LogP contribution in [-0.2, 0) is 9.59 Å². The predicted molar refractivity (Wildman–Crippen MR) is 80.7 cm³/mol. The van der Waals surface area contributed by atoms with Crippen molar-refractivity contribution in [2.75, 3.05) is 6.54 Å². The van der Waals surface area contributed by atoms with Gasteiger partial charge < -0.3 is 11.1 Å². The number of rotatable bonds is 10. The van der Waals surface area contributed by atoms with Gasteiger partial charge in [-0.15, -0.1) is 0 Å². The van der Waals surface area contributed by atoms with E-state index in [2.05, 4.69) is 5.32 Å². The molecule has 1 aromatic rings. The molecular weight excluding hydrogens is 268 g/mol. The highest BCUT2D eigenvalue weighted by Gasteiger charge is 2.08. The maximum Gasteiger partial charge on any atom is 0.220 e. The first kappa shape index (κ1) is 16.9. The highest BCUT2D eigenvalue weighted by Crippen LogP contribution is 2.05. The van der Waals surface area contributed by atoms with Crippen molar-refractivity contribution in [2.24, 2.45) is 5.73 Å². The van der Waals surface area contributed by atoms with Gasteiger partial charge in [0.05, 0.1) is 0 Å². The van der Waals surface area contributed by atoms with Crippen molar-refractivity contribution >= 4 is 17.6 Å². The number of benzene rings is 1. The molecule has 0 aromatic heterocycles. The number of primary amides is 1. The van der Waals surface area contributed by atoms with Crippen molar-refractivity contribution in [2.45, 2.75) is 38.5 Å². The summed E-state index contributed by atoms with van der Waals surface area (Å²) in [6, 6.07) is 8.96. The van der Waals surface area contributed by atoms with Gasteiger partial charge in [0.15, 0.2) is 5.78 Å². The SMILES string of the molecule is NC(=O)CCCCCNC(=O)CCC(=O)c1ccccc1. The number of amides is 2. The summed E-state index contributed by atoms with van der Waals surface area (Å²) >= 11 is 0. The average molecular weight is 290 g/mol. The first-order chi connectivity index (χ1) is 10.1. The van der Waals surface area contributed by atoms with E-state index in [-0.39, 0.29) is 30.4 Å². The van der Waals surface area contributed by atoms with Crippen LogP contribution in [0.5, 0.6) is 0 Å². The summed E-state index contributed by atoms with van der Waals surface area (Å²) in [6.07, 6.45) is 3.22. The van der Waals surface area contributed by atoms with E-state index in [0.29, 0.717) is 18.5 Å². The van der Waals surface area contributed by atoms with E-state index in [1.54, 1.807) is 24.3 Å². The third-order valence-electron chi connectivity index (χ3n) is 3.10. The summed E-state index contributed by atoms with van der Waals surface area (Å²) in [5.74, 6) is -0.431. The molecule has 0 fully saturated rings. The second-order valence-electron chi connectivity index (χ2n) is 4.92. The number of nitrogens with one attached hydrogen (secondary N) is 1. The average Bonchev–Trinajstić information content (AvgIpc) is 2.49. The van der Waals surface area contributed by atoms with Gasteiger partial charge in [0.2, 0.25) is 11.8 Å². The maximum atomic E-state index is 11.8. The van der Waals surface area contributed by atoms with Crippen LogP contribution in [-0.4, -0.2) is 24.1 Å².